The highest BCUT2D eigenvalue weighted by Crippen LogP contribution is 2.27. The fraction of sp³-hybridized carbons (Fsp3) is 0.250. The third-order valence-corrected chi connectivity index (χ3v) is 2.94. The molecule has 3 rings (SSSR count). The van der Waals surface area contributed by atoms with E-state index in [-0.39, 0.29) is 12.1 Å². The standard InChI is InChI=1S/C12H12N2O2/c15-12-14-11(5-7-16-12)8-2-1-3-10-9(8)4-6-13-10/h1-4,6,11,13H,5,7H2,(H,14,15)/t11-/m1/s1. The van der Waals surface area contributed by atoms with Gasteiger partial charge in [-0.2, -0.15) is 0 Å². The van der Waals surface area contributed by atoms with Crippen molar-refractivity contribution >= 4 is 17.0 Å². The fourth-order valence-corrected chi connectivity index (χ4v) is 2.17. The lowest BCUT2D eigenvalue weighted by Gasteiger charge is -2.24. The van der Waals surface area contributed by atoms with Crippen LogP contribution in [0.2, 0.25) is 0 Å². The first-order chi connectivity index (χ1) is 7.84. The van der Waals surface area contributed by atoms with E-state index in [4.69, 9.17) is 4.74 Å². The molecule has 4 nitrogen and oxygen atoms in total. The lowest BCUT2D eigenvalue weighted by Crippen LogP contribution is -2.35. The Morgan fingerprint density at radius 2 is 2.25 bits per heavy atom. The van der Waals surface area contributed by atoms with Crippen molar-refractivity contribution in [2.75, 3.05) is 6.61 Å². The fourth-order valence-electron chi connectivity index (χ4n) is 2.17. The van der Waals surface area contributed by atoms with Gasteiger partial charge < -0.3 is 15.0 Å². The van der Waals surface area contributed by atoms with Crippen molar-refractivity contribution in [1.82, 2.24) is 10.3 Å². The minimum absolute atomic E-state index is 0.0562. The Hall–Kier alpha value is -1.97. The summed E-state index contributed by atoms with van der Waals surface area (Å²) in [5.74, 6) is 0. The molecule has 0 aliphatic carbocycles. The van der Waals surface area contributed by atoms with E-state index >= 15 is 0 Å². The molecule has 1 aromatic carbocycles. The summed E-state index contributed by atoms with van der Waals surface area (Å²) in [6.45, 7) is 0.483. The average Bonchev–Trinajstić information content (AvgIpc) is 2.76. The Morgan fingerprint density at radius 1 is 1.31 bits per heavy atom. The quantitative estimate of drug-likeness (QED) is 0.768. The number of H-pyrrole nitrogens is 1. The first-order valence-corrected chi connectivity index (χ1v) is 5.34. The molecule has 0 bridgehead atoms. The molecular formula is C12H12N2O2. The van der Waals surface area contributed by atoms with Gasteiger partial charge >= 0.3 is 6.09 Å². The molecule has 1 amide bonds. The molecule has 0 unspecified atom stereocenters. The lowest BCUT2D eigenvalue weighted by molar-refractivity contribution is 0.116. The van der Waals surface area contributed by atoms with Gasteiger partial charge in [0.1, 0.15) is 0 Å². The Labute approximate surface area is 92.6 Å². The van der Waals surface area contributed by atoms with E-state index < -0.39 is 0 Å². The van der Waals surface area contributed by atoms with E-state index in [2.05, 4.69) is 10.3 Å². The van der Waals surface area contributed by atoms with Crippen molar-refractivity contribution in [2.45, 2.75) is 12.5 Å². The number of aromatic amines is 1. The molecule has 0 radical (unpaired) electrons. The summed E-state index contributed by atoms with van der Waals surface area (Å²) < 4.78 is 4.87. The van der Waals surface area contributed by atoms with Crippen LogP contribution in [0.25, 0.3) is 10.9 Å². The molecule has 2 aromatic rings. The van der Waals surface area contributed by atoms with Crippen molar-refractivity contribution in [3.05, 3.63) is 36.0 Å². The van der Waals surface area contributed by atoms with Gasteiger partial charge in [0.25, 0.3) is 0 Å². The number of fused-ring (bicyclic) bond motifs is 1. The molecule has 0 saturated carbocycles. The van der Waals surface area contributed by atoms with E-state index in [9.17, 15) is 4.79 Å². The summed E-state index contributed by atoms with van der Waals surface area (Å²) >= 11 is 0. The summed E-state index contributed by atoms with van der Waals surface area (Å²) in [7, 11) is 0. The van der Waals surface area contributed by atoms with Crippen LogP contribution >= 0.6 is 0 Å². The zero-order valence-electron chi connectivity index (χ0n) is 8.69. The van der Waals surface area contributed by atoms with Gasteiger partial charge in [0.05, 0.1) is 12.6 Å². The highest BCUT2D eigenvalue weighted by atomic mass is 16.5. The maximum atomic E-state index is 11.2. The molecule has 1 aliphatic heterocycles. The van der Waals surface area contributed by atoms with Gasteiger partial charge in [0.2, 0.25) is 0 Å². The van der Waals surface area contributed by atoms with Crippen molar-refractivity contribution in [1.29, 1.82) is 0 Å². The molecule has 82 valence electrons. The minimum Gasteiger partial charge on any atom is -0.449 e. The number of carbonyl (C=O) groups is 1. The van der Waals surface area contributed by atoms with Crippen LogP contribution in [-0.2, 0) is 4.74 Å². The van der Waals surface area contributed by atoms with E-state index in [1.807, 2.05) is 30.5 Å². The molecule has 1 fully saturated rings. The zero-order valence-corrected chi connectivity index (χ0v) is 8.69. The first kappa shape index (κ1) is 9.27. The van der Waals surface area contributed by atoms with Crippen molar-refractivity contribution < 1.29 is 9.53 Å². The lowest BCUT2D eigenvalue weighted by atomic mass is 10.00. The molecular weight excluding hydrogens is 204 g/mol. The maximum Gasteiger partial charge on any atom is 0.407 e. The number of rotatable bonds is 1. The Kier molecular flexibility index (Phi) is 2.06. The largest absolute Gasteiger partial charge is 0.449 e. The third-order valence-electron chi connectivity index (χ3n) is 2.94. The maximum absolute atomic E-state index is 11.2. The predicted octanol–water partition coefficient (Wildman–Crippen LogP) is 2.34. The number of hydrogen-bond acceptors (Lipinski definition) is 2. The SMILES string of the molecule is O=C1N[C@@H](c2cccc3[nH]ccc23)CCO1. The summed E-state index contributed by atoms with van der Waals surface area (Å²) in [5, 5.41) is 4.00. The van der Waals surface area contributed by atoms with Crippen LogP contribution < -0.4 is 5.32 Å². The molecule has 16 heavy (non-hydrogen) atoms. The van der Waals surface area contributed by atoms with E-state index in [0.29, 0.717) is 6.61 Å². The molecule has 2 heterocycles. The van der Waals surface area contributed by atoms with Gasteiger partial charge in [-0.25, -0.2) is 4.79 Å². The number of alkyl carbamates (subject to hydrolysis) is 1. The number of cyclic esters (lactones) is 1. The minimum atomic E-state index is -0.330. The topological polar surface area (TPSA) is 54.1 Å². The number of benzene rings is 1. The van der Waals surface area contributed by atoms with Crippen LogP contribution in [0.5, 0.6) is 0 Å². The zero-order chi connectivity index (χ0) is 11.0. The van der Waals surface area contributed by atoms with Gasteiger partial charge in [0.15, 0.2) is 0 Å². The molecule has 2 N–H and O–H groups in total. The van der Waals surface area contributed by atoms with Crippen LogP contribution in [0.3, 0.4) is 0 Å². The Bertz CT molecular complexity index is 533. The van der Waals surface area contributed by atoms with Crippen molar-refractivity contribution in [3.63, 3.8) is 0 Å². The van der Waals surface area contributed by atoms with Gasteiger partial charge in [-0.1, -0.05) is 12.1 Å². The second kappa shape index (κ2) is 3.56. The first-order valence-electron chi connectivity index (χ1n) is 5.34. The van der Waals surface area contributed by atoms with Gasteiger partial charge in [-0.3, -0.25) is 0 Å². The van der Waals surface area contributed by atoms with Crippen LogP contribution in [0.1, 0.15) is 18.0 Å². The monoisotopic (exact) mass is 216 g/mol. The number of ether oxygens (including phenoxy) is 1. The number of nitrogens with one attached hydrogen (secondary N) is 2. The Morgan fingerprint density at radius 3 is 3.12 bits per heavy atom. The summed E-state index contributed by atoms with van der Waals surface area (Å²) in [6.07, 6.45) is 2.40. The molecule has 1 saturated heterocycles. The Balaban J connectivity index is 2.04. The molecule has 1 atom stereocenters. The van der Waals surface area contributed by atoms with Gasteiger partial charge in [0, 0.05) is 23.5 Å². The van der Waals surface area contributed by atoms with Crippen LogP contribution in [0, 0.1) is 0 Å². The molecule has 0 spiro atoms. The van der Waals surface area contributed by atoms with Crippen LogP contribution in [-0.4, -0.2) is 17.7 Å². The second-order valence-corrected chi connectivity index (χ2v) is 3.91. The summed E-state index contributed by atoms with van der Waals surface area (Å²) in [6, 6.07) is 8.16. The van der Waals surface area contributed by atoms with Crippen molar-refractivity contribution in [2.24, 2.45) is 0 Å². The highest BCUT2D eigenvalue weighted by Gasteiger charge is 2.22. The van der Waals surface area contributed by atoms with E-state index in [0.717, 1.165) is 22.9 Å². The summed E-state index contributed by atoms with van der Waals surface area (Å²) in [4.78, 5) is 14.3. The van der Waals surface area contributed by atoms with Gasteiger partial charge in [-0.05, 0) is 17.7 Å². The normalized spacial score (nSPS) is 20.5. The van der Waals surface area contributed by atoms with E-state index in [1.165, 1.54) is 0 Å². The highest BCUT2D eigenvalue weighted by molar-refractivity contribution is 5.84. The third kappa shape index (κ3) is 1.43. The number of amides is 1. The number of hydrogen-bond donors (Lipinski definition) is 2. The van der Waals surface area contributed by atoms with Crippen LogP contribution in [0.15, 0.2) is 30.5 Å². The molecule has 1 aliphatic rings. The number of carbonyl (C=O) groups excluding carboxylic acids is 1. The summed E-state index contributed by atoms with van der Waals surface area (Å²) in [5.41, 5.74) is 2.24. The van der Waals surface area contributed by atoms with Gasteiger partial charge in [-0.15, -0.1) is 0 Å². The molecule has 4 heteroatoms. The average molecular weight is 216 g/mol. The van der Waals surface area contributed by atoms with E-state index in [1.54, 1.807) is 0 Å². The predicted molar refractivity (Wildman–Crippen MR) is 60.1 cm³/mol. The molecule has 1 aromatic heterocycles. The van der Waals surface area contributed by atoms with Crippen LogP contribution in [0.4, 0.5) is 4.79 Å². The number of aromatic nitrogens is 1. The van der Waals surface area contributed by atoms with Crippen molar-refractivity contribution in [3.8, 4) is 0 Å². The smallest absolute Gasteiger partial charge is 0.407 e. The second-order valence-electron chi connectivity index (χ2n) is 3.91.